The van der Waals surface area contributed by atoms with Crippen molar-refractivity contribution < 1.29 is 23.0 Å². The Morgan fingerprint density at radius 1 is 1.22 bits per heavy atom. The fourth-order valence-electron chi connectivity index (χ4n) is 1.31. The number of nitrogen functional groups attached to an aromatic ring is 1. The highest BCUT2D eigenvalue weighted by Gasteiger charge is 2.16. The van der Waals surface area contributed by atoms with E-state index in [9.17, 15) is 13.6 Å². The van der Waals surface area contributed by atoms with Gasteiger partial charge in [-0.15, -0.1) is 0 Å². The summed E-state index contributed by atoms with van der Waals surface area (Å²) in [6.07, 6.45) is 1.32. The first kappa shape index (κ1) is 14.4. The molecular weight excluding hydrogens is 244 g/mol. The minimum absolute atomic E-state index is 0.133. The lowest BCUT2D eigenvalue weighted by Gasteiger charge is -2.06. The molecule has 100 valence electrons. The van der Waals surface area contributed by atoms with Crippen LogP contribution in [0.5, 0.6) is 0 Å². The summed E-state index contributed by atoms with van der Waals surface area (Å²) in [5.41, 5.74) is 4.37. The van der Waals surface area contributed by atoms with Gasteiger partial charge in [0.25, 0.3) is 0 Å². The van der Waals surface area contributed by atoms with Gasteiger partial charge in [0.05, 0.1) is 17.9 Å². The maximum atomic E-state index is 13.3. The molecule has 1 aromatic carbocycles. The number of unbranched alkanes of at least 4 members (excludes halogenated alkanes) is 1. The maximum absolute atomic E-state index is 13.3. The minimum Gasteiger partial charge on any atom is -0.462 e. The first-order valence-corrected chi connectivity index (χ1v) is 5.47. The molecule has 0 spiro atoms. The van der Waals surface area contributed by atoms with Gasteiger partial charge in [-0.3, -0.25) is 0 Å². The number of halogens is 2. The molecule has 1 rings (SSSR count). The van der Waals surface area contributed by atoms with Gasteiger partial charge in [-0.05, 0) is 18.9 Å². The van der Waals surface area contributed by atoms with Crippen LogP contribution in [0.25, 0.3) is 0 Å². The van der Waals surface area contributed by atoms with Crippen LogP contribution < -0.4 is 5.73 Å². The van der Waals surface area contributed by atoms with Crippen LogP contribution in [0.2, 0.25) is 0 Å². The first-order chi connectivity index (χ1) is 8.56. The third kappa shape index (κ3) is 3.96. The Balaban J connectivity index is 2.54. The van der Waals surface area contributed by atoms with E-state index < -0.39 is 23.2 Å². The van der Waals surface area contributed by atoms with Crippen molar-refractivity contribution in [2.75, 3.05) is 26.1 Å². The van der Waals surface area contributed by atoms with Crippen molar-refractivity contribution in [3.05, 3.63) is 29.3 Å². The Bertz CT molecular complexity index is 424. The molecule has 0 radical (unpaired) electrons. The number of hydrogen-bond donors (Lipinski definition) is 1. The lowest BCUT2D eigenvalue weighted by Crippen LogP contribution is -2.10. The SMILES string of the molecule is COCCCCOC(=O)c1cc(F)c(N)cc1F. The van der Waals surface area contributed by atoms with Crippen LogP contribution in [0.3, 0.4) is 0 Å². The van der Waals surface area contributed by atoms with E-state index in [-0.39, 0.29) is 12.3 Å². The number of ether oxygens (including phenoxy) is 2. The molecule has 6 heteroatoms. The van der Waals surface area contributed by atoms with Gasteiger partial charge in [0.1, 0.15) is 11.6 Å². The lowest BCUT2D eigenvalue weighted by molar-refractivity contribution is 0.0483. The van der Waals surface area contributed by atoms with E-state index in [4.69, 9.17) is 15.2 Å². The van der Waals surface area contributed by atoms with Crippen LogP contribution in [-0.4, -0.2) is 26.3 Å². The van der Waals surface area contributed by atoms with Crippen molar-refractivity contribution in [2.24, 2.45) is 0 Å². The van der Waals surface area contributed by atoms with Gasteiger partial charge in [0, 0.05) is 19.8 Å². The van der Waals surface area contributed by atoms with Gasteiger partial charge in [0.2, 0.25) is 0 Å². The number of benzene rings is 1. The molecule has 0 aliphatic rings. The molecular formula is C12H15F2NO3. The number of methoxy groups -OCH3 is 1. The quantitative estimate of drug-likeness (QED) is 0.483. The van der Waals surface area contributed by atoms with Crippen LogP contribution in [0, 0.1) is 11.6 Å². The molecule has 0 aliphatic heterocycles. The van der Waals surface area contributed by atoms with Crippen LogP contribution in [0.15, 0.2) is 12.1 Å². The Hall–Kier alpha value is -1.69. The molecule has 0 unspecified atom stereocenters. The molecule has 1 aromatic rings. The van der Waals surface area contributed by atoms with Gasteiger partial charge in [-0.1, -0.05) is 0 Å². The summed E-state index contributed by atoms with van der Waals surface area (Å²) < 4.78 is 36.1. The Morgan fingerprint density at radius 2 is 1.89 bits per heavy atom. The fourth-order valence-corrected chi connectivity index (χ4v) is 1.31. The van der Waals surface area contributed by atoms with Crippen molar-refractivity contribution in [1.82, 2.24) is 0 Å². The molecule has 0 fully saturated rings. The van der Waals surface area contributed by atoms with Gasteiger partial charge < -0.3 is 15.2 Å². The van der Waals surface area contributed by atoms with E-state index in [0.29, 0.717) is 13.0 Å². The largest absolute Gasteiger partial charge is 0.462 e. The summed E-state index contributed by atoms with van der Waals surface area (Å²) in [4.78, 5) is 11.5. The van der Waals surface area contributed by atoms with Crippen molar-refractivity contribution in [2.45, 2.75) is 12.8 Å². The zero-order chi connectivity index (χ0) is 13.5. The minimum atomic E-state index is -0.899. The third-order valence-electron chi connectivity index (χ3n) is 2.28. The average Bonchev–Trinajstić information content (AvgIpc) is 2.33. The van der Waals surface area contributed by atoms with Gasteiger partial charge in [-0.2, -0.15) is 0 Å². The number of carbonyl (C=O) groups excluding carboxylic acids is 1. The lowest BCUT2D eigenvalue weighted by atomic mass is 10.2. The van der Waals surface area contributed by atoms with Crippen LogP contribution in [-0.2, 0) is 9.47 Å². The number of hydrogen-bond acceptors (Lipinski definition) is 4. The Kier molecular flexibility index (Phi) is 5.51. The molecule has 0 atom stereocenters. The predicted molar refractivity (Wildman–Crippen MR) is 62.2 cm³/mol. The monoisotopic (exact) mass is 259 g/mol. The van der Waals surface area contributed by atoms with E-state index in [2.05, 4.69) is 0 Å². The van der Waals surface area contributed by atoms with Crippen LogP contribution in [0.4, 0.5) is 14.5 Å². The summed E-state index contributed by atoms with van der Waals surface area (Å²) in [7, 11) is 1.57. The smallest absolute Gasteiger partial charge is 0.341 e. The molecule has 0 saturated carbocycles. The Labute approximate surface area is 104 Å². The van der Waals surface area contributed by atoms with Crippen molar-refractivity contribution >= 4 is 11.7 Å². The zero-order valence-electron chi connectivity index (χ0n) is 10.0. The second-order valence-electron chi connectivity index (χ2n) is 3.69. The van der Waals surface area contributed by atoms with Crippen molar-refractivity contribution in [3.63, 3.8) is 0 Å². The maximum Gasteiger partial charge on any atom is 0.341 e. The summed E-state index contributed by atoms with van der Waals surface area (Å²) in [6.45, 7) is 0.691. The number of nitrogens with two attached hydrogens (primary N) is 1. The van der Waals surface area contributed by atoms with E-state index in [1.165, 1.54) is 0 Å². The molecule has 4 nitrogen and oxygen atoms in total. The second-order valence-corrected chi connectivity index (χ2v) is 3.69. The molecule has 0 bridgehead atoms. The van der Waals surface area contributed by atoms with Crippen LogP contribution >= 0.6 is 0 Å². The highest BCUT2D eigenvalue weighted by molar-refractivity contribution is 5.90. The zero-order valence-corrected chi connectivity index (χ0v) is 10.0. The average molecular weight is 259 g/mol. The summed E-state index contributed by atoms with van der Waals surface area (Å²) >= 11 is 0. The van der Waals surface area contributed by atoms with E-state index in [1.54, 1.807) is 7.11 Å². The van der Waals surface area contributed by atoms with Gasteiger partial charge in [-0.25, -0.2) is 13.6 Å². The summed E-state index contributed by atoms with van der Waals surface area (Å²) in [6, 6.07) is 1.50. The molecule has 0 aliphatic carbocycles. The van der Waals surface area contributed by atoms with E-state index >= 15 is 0 Å². The standard InChI is InChI=1S/C12H15F2NO3/c1-17-4-2-3-5-18-12(16)8-6-10(14)11(15)7-9(8)13/h6-7H,2-5,15H2,1H3. The second kappa shape index (κ2) is 6.90. The van der Waals surface area contributed by atoms with Gasteiger partial charge >= 0.3 is 5.97 Å². The molecule has 0 saturated heterocycles. The topological polar surface area (TPSA) is 61.5 Å². The first-order valence-electron chi connectivity index (χ1n) is 5.47. The number of carbonyl (C=O) groups is 1. The normalized spacial score (nSPS) is 10.4. The van der Waals surface area contributed by atoms with Crippen molar-refractivity contribution in [1.29, 1.82) is 0 Å². The summed E-state index contributed by atoms with van der Waals surface area (Å²) in [5.74, 6) is -2.64. The highest BCUT2D eigenvalue weighted by Crippen LogP contribution is 2.17. The van der Waals surface area contributed by atoms with Crippen molar-refractivity contribution in [3.8, 4) is 0 Å². The predicted octanol–water partition coefficient (Wildman–Crippen LogP) is 2.13. The summed E-state index contributed by atoms with van der Waals surface area (Å²) in [5, 5.41) is 0. The van der Waals surface area contributed by atoms with E-state index in [0.717, 1.165) is 18.6 Å². The van der Waals surface area contributed by atoms with Crippen LogP contribution in [0.1, 0.15) is 23.2 Å². The number of esters is 1. The Morgan fingerprint density at radius 3 is 2.56 bits per heavy atom. The highest BCUT2D eigenvalue weighted by atomic mass is 19.1. The number of anilines is 1. The fraction of sp³-hybridized carbons (Fsp3) is 0.417. The molecule has 18 heavy (non-hydrogen) atoms. The van der Waals surface area contributed by atoms with E-state index in [1.807, 2.05) is 0 Å². The number of rotatable bonds is 6. The van der Waals surface area contributed by atoms with Gasteiger partial charge in [0.15, 0.2) is 0 Å². The molecule has 0 heterocycles. The molecule has 2 N–H and O–H groups in total. The molecule has 0 aromatic heterocycles. The molecule has 0 amide bonds. The third-order valence-corrected chi connectivity index (χ3v) is 2.28.